The molecule has 6 nitrogen and oxygen atoms in total. The Kier molecular flexibility index (Phi) is 6.02. The number of hydrogen-bond acceptors (Lipinski definition) is 4. The van der Waals surface area contributed by atoms with E-state index in [-0.39, 0.29) is 69.8 Å². The van der Waals surface area contributed by atoms with Crippen LogP contribution in [0, 0.1) is 63.7 Å². The van der Waals surface area contributed by atoms with E-state index in [2.05, 4.69) is 37.9 Å². The molecular formula is C31H44N2O4. The predicted octanol–water partition coefficient (Wildman–Crippen LogP) is 5.58. The van der Waals surface area contributed by atoms with Crippen LogP contribution in [0.4, 0.5) is 0 Å². The van der Waals surface area contributed by atoms with Gasteiger partial charge in [-0.2, -0.15) is 0 Å². The summed E-state index contributed by atoms with van der Waals surface area (Å²) >= 11 is 0. The van der Waals surface area contributed by atoms with Gasteiger partial charge in [-0.05, 0) is 84.4 Å². The summed E-state index contributed by atoms with van der Waals surface area (Å²) in [4.78, 5) is 43.4. The van der Waals surface area contributed by atoms with Gasteiger partial charge in [0.25, 0.3) is 0 Å². The lowest BCUT2D eigenvalue weighted by molar-refractivity contribution is -0.160. The Morgan fingerprint density at radius 2 is 1.73 bits per heavy atom. The number of nitrogens with one attached hydrogen (secondary N) is 1. The number of carbonyl (C=O) groups is 3. The van der Waals surface area contributed by atoms with Crippen molar-refractivity contribution in [3.63, 3.8) is 0 Å². The van der Waals surface area contributed by atoms with E-state index in [0.29, 0.717) is 12.3 Å². The monoisotopic (exact) mass is 508 g/mol. The summed E-state index contributed by atoms with van der Waals surface area (Å²) in [5, 5.41) is 3.51. The van der Waals surface area contributed by atoms with Crippen LogP contribution in [-0.2, 0) is 19.1 Å². The van der Waals surface area contributed by atoms with Crippen molar-refractivity contribution < 1.29 is 19.1 Å². The number of allylic oxidation sites excluding steroid dienone is 2. The maximum atomic E-state index is 13.7. The third kappa shape index (κ3) is 3.73. The zero-order chi connectivity index (χ0) is 27.1. The van der Waals surface area contributed by atoms with Crippen LogP contribution in [-0.4, -0.2) is 30.8 Å². The average molecular weight is 509 g/mol. The van der Waals surface area contributed by atoms with Gasteiger partial charge in [0.1, 0.15) is 0 Å². The molecule has 4 aliphatic carbocycles. The topological polar surface area (TPSA) is 76.8 Å². The number of rotatable bonds is 1. The van der Waals surface area contributed by atoms with Gasteiger partial charge >= 0.3 is 5.97 Å². The summed E-state index contributed by atoms with van der Waals surface area (Å²) in [6.07, 6.45) is 8.07. The normalized spacial score (nSPS) is 45.9. The number of methoxy groups -OCH3 is 1. The van der Waals surface area contributed by atoms with E-state index in [1.165, 1.54) is 7.11 Å². The fraction of sp³-hybridized carbons (Fsp3) is 0.806. The number of ketones is 1. The summed E-state index contributed by atoms with van der Waals surface area (Å²) in [5.41, 5.74) is -0.862. The molecule has 0 radical (unpaired) electrons. The average Bonchev–Trinajstić information content (AvgIpc) is 2.94. The Morgan fingerprint density at radius 3 is 2.38 bits per heavy atom. The van der Waals surface area contributed by atoms with Crippen molar-refractivity contribution in [3.8, 4) is 0 Å². The van der Waals surface area contributed by atoms with Crippen LogP contribution in [0.3, 0.4) is 0 Å². The molecule has 37 heavy (non-hydrogen) atoms. The molecule has 5 rings (SSSR count). The van der Waals surface area contributed by atoms with Crippen molar-refractivity contribution in [2.45, 2.75) is 92.5 Å². The largest absolute Gasteiger partial charge is 0.469 e. The number of carbonyl (C=O) groups excluding carboxylic acids is 3. The molecule has 0 bridgehead atoms. The molecular weight excluding hydrogens is 464 g/mol. The van der Waals surface area contributed by atoms with Gasteiger partial charge in [0.2, 0.25) is 11.6 Å². The molecule has 2 unspecified atom stereocenters. The van der Waals surface area contributed by atoms with Crippen LogP contribution in [0.25, 0.3) is 4.85 Å². The number of nitrogens with zero attached hydrogens (tertiary/aromatic N) is 1. The smallest absolute Gasteiger partial charge is 0.308 e. The highest BCUT2D eigenvalue weighted by molar-refractivity contribution is 6.02. The van der Waals surface area contributed by atoms with E-state index < -0.39 is 10.8 Å². The Bertz CT molecular complexity index is 1100. The molecule has 4 fully saturated rings. The number of esters is 1. The van der Waals surface area contributed by atoms with Crippen LogP contribution in [0.5, 0.6) is 0 Å². The zero-order valence-corrected chi connectivity index (χ0v) is 23.6. The van der Waals surface area contributed by atoms with Crippen molar-refractivity contribution in [1.29, 1.82) is 0 Å². The molecule has 9 atom stereocenters. The first-order chi connectivity index (χ1) is 17.2. The minimum Gasteiger partial charge on any atom is -0.469 e. The number of amides is 1. The number of Topliss-reactive ketones (excluding diaryl/α,β-unsaturated/α-hetero) is 1. The number of ether oxygens (including phenoxy) is 1. The van der Waals surface area contributed by atoms with Gasteiger partial charge in [-0.1, -0.05) is 47.6 Å². The molecule has 3 saturated carbocycles. The second kappa shape index (κ2) is 8.42. The summed E-state index contributed by atoms with van der Waals surface area (Å²) < 4.78 is 5.26. The first-order valence-corrected chi connectivity index (χ1v) is 14.2. The molecule has 1 aliphatic heterocycles. The maximum Gasteiger partial charge on any atom is 0.308 e. The van der Waals surface area contributed by atoms with Gasteiger partial charge < -0.3 is 14.8 Å². The zero-order valence-electron chi connectivity index (χ0n) is 23.6. The van der Waals surface area contributed by atoms with Gasteiger partial charge in [-0.15, -0.1) is 0 Å². The molecule has 1 amide bonds. The second-order valence-corrected chi connectivity index (χ2v) is 14.7. The van der Waals surface area contributed by atoms with E-state index in [9.17, 15) is 14.4 Å². The maximum absolute atomic E-state index is 13.7. The highest BCUT2D eigenvalue weighted by Gasteiger charge is 2.65. The fourth-order valence-electron chi connectivity index (χ4n) is 10.4. The molecule has 0 aromatic carbocycles. The van der Waals surface area contributed by atoms with Crippen molar-refractivity contribution in [3.05, 3.63) is 23.2 Å². The molecule has 1 heterocycles. The minimum absolute atomic E-state index is 0.00388. The lowest BCUT2D eigenvalue weighted by Crippen LogP contribution is -2.61. The van der Waals surface area contributed by atoms with Crippen molar-refractivity contribution in [1.82, 2.24) is 5.32 Å². The van der Waals surface area contributed by atoms with E-state index >= 15 is 0 Å². The van der Waals surface area contributed by atoms with Gasteiger partial charge in [0.05, 0.1) is 19.6 Å². The van der Waals surface area contributed by atoms with Gasteiger partial charge in [0, 0.05) is 17.9 Å². The fourth-order valence-corrected chi connectivity index (χ4v) is 10.4. The quantitative estimate of drug-likeness (QED) is 0.371. The Balaban J connectivity index is 1.58. The van der Waals surface area contributed by atoms with Gasteiger partial charge in [-0.3, -0.25) is 9.59 Å². The van der Waals surface area contributed by atoms with Crippen LogP contribution >= 0.6 is 0 Å². The first-order valence-electron chi connectivity index (χ1n) is 14.2. The summed E-state index contributed by atoms with van der Waals surface area (Å²) in [6, 6.07) is 0.0377. The SMILES string of the molecule is [C-]#[N+]C1=C[C@]2(C)[C@H]3CC(=O)N[C@@H]4[C@@H]5CC(C)(C)CC(C(=O)OC)C5CC[C@H]4[C@]3(C)CC[C@H]2C(C)(C)C1=O. The van der Waals surface area contributed by atoms with E-state index in [1.807, 2.05) is 19.9 Å². The van der Waals surface area contributed by atoms with Crippen LogP contribution in [0.15, 0.2) is 11.8 Å². The first kappa shape index (κ1) is 26.4. The molecule has 1 saturated heterocycles. The molecule has 0 spiro atoms. The predicted molar refractivity (Wildman–Crippen MR) is 141 cm³/mol. The summed E-state index contributed by atoms with van der Waals surface area (Å²) in [7, 11) is 1.49. The van der Waals surface area contributed by atoms with Crippen LogP contribution in [0.2, 0.25) is 0 Å². The van der Waals surface area contributed by atoms with Gasteiger partial charge in [-0.25, -0.2) is 4.85 Å². The molecule has 0 aromatic rings. The summed E-state index contributed by atoms with van der Waals surface area (Å²) in [5.74, 6) is 0.747. The third-order valence-electron chi connectivity index (χ3n) is 11.9. The number of hydrogen-bond donors (Lipinski definition) is 1. The third-order valence-corrected chi connectivity index (χ3v) is 11.9. The van der Waals surface area contributed by atoms with E-state index in [4.69, 9.17) is 11.3 Å². The number of fused-ring (bicyclic) bond motifs is 7. The van der Waals surface area contributed by atoms with Crippen molar-refractivity contribution in [2.75, 3.05) is 7.11 Å². The molecule has 1 N–H and O–H groups in total. The standard InChI is InChI=1S/C31H44N2O4/c1-28(2)14-18-17(19(15-28)27(36)37-8)9-10-20-25(18)33-24(34)13-23-30(20,5)12-11-22-29(3,4)26(35)21(32-7)16-31(22,23)6/h16-20,22-23,25H,9-15H2,1-6,8H3,(H,33,34)/t17?,18-,19?,20-,22+,23+,25-,30+,31+/m1/s1. The molecule has 6 heteroatoms. The molecule has 0 aromatic heterocycles. The molecule has 5 aliphatic rings. The van der Waals surface area contributed by atoms with Gasteiger partial charge in [0.15, 0.2) is 5.78 Å². The highest BCUT2D eigenvalue weighted by Crippen LogP contribution is 2.68. The second-order valence-electron chi connectivity index (χ2n) is 14.7. The van der Waals surface area contributed by atoms with Crippen molar-refractivity contribution >= 4 is 17.7 Å². The van der Waals surface area contributed by atoms with E-state index in [1.54, 1.807) is 0 Å². The summed E-state index contributed by atoms with van der Waals surface area (Å²) in [6.45, 7) is 20.8. The Hall–Kier alpha value is -2.16. The minimum atomic E-state index is -0.619. The van der Waals surface area contributed by atoms with E-state index in [0.717, 1.165) is 38.5 Å². The van der Waals surface area contributed by atoms with Crippen LogP contribution in [0.1, 0.15) is 86.5 Å². The Labute approximate surface area is 222 Å². The Morgan fingerprint density at radius 1 is 1.03 bits per heavy atom. The lowest BCUT2D eigenvalue weighted by atomic mass is 9.40. The van der Waals surface area contributed by atoms with Crippen LogP contribution < -0.4 is 5.32 Å². The van der Waals surface area contributed by atoms with Crippen molar-refractivity contribution in [2.24, 2.45) is 57.2 Å². The highest BCUT2D eigenvalue weighted by atomic mass is 16.5. The lowest BCUT2D eigenvalue weighted by Gasteiger charge is -2.63. The molecule has 202 valence electrons.